The summed E-state index contributed by atoms with van der Waals surface area (Å²) in [6.07, 6.45) is 4.55. The van der Waals surface area contributed by atoms with E-state index >= 15 is 0 Å². The number of carbonyl (C=O) groups is 1. The average molecular weight is 407 g/mol. The van der Waals surface area contributed by atoms with Crippen LogP contribution in [0.2, 0.25) is 0 Å². The van der Waals surface area contributed by atoms with Gasteiger partial charge in [0.1, 0.15) is 16.1 Å². The van der Waals surface area contributed by atoms with Gasteiger partial charge in [0.05, 0.1) is 0 Å². The molecule has 0 spiro atoms. The Morgan fingerprint density at radius 1 is 1.27 bits per heavy atom. The van der Waals surface area contributed by atoms with Crippen molar-refractivity contribution in [3.8, 4) is 0 Å². The van der Waals surface area contributed by atoms with Crippen LogP contribution in [-0.2, 0) is 14.8 Å². The minimum absolute atomic E-state index is 0. The van der Waals surface area contributed by atoms with Crippen LogP contribution in [0.5, 0.6) is 0 Å². The van der Waals surface area contributed by atoms with E-state index < -0.39 is 15.6 Å². The molecule has 26 heavy (non-hydrogen) atoms. The fraction of sp³-hybridized carbons (Fsp3) is 0.750. The Kier molecular flexibility index (Phi) is 6.70. The third-order valence-electron chi connectivity index (χ3n) is 5.09. The summed E-state index contributed by atoms with van der Waals surface area (Å²) in [6, 6.07) is 0.0438. The number of sulfonamides is 1. The molecule has 1 aromatic heterocycles. The predicted octanol–water partition coefficient (Wildman–Crippen LogP) is 1.17. The number of hydrogen-bond donors (Lipinski definition) is 3. The molecule has 148 valence electrons. The summed E-state index contributed by atoms with van der Waals surface area (Å²) >= 11 is 0. The summed E-state index contributed by atoms with van der Waals surface area (Å²) in [5.41, 5.74) is -0.790. The zero-order valence-corrected chi connectivity index (χ0v) is 16.8. The smallest absolute Gasteiger partial charge is 0.246 e. The summed E-state index contributed by atoms with van der Waals surface area (Å²) in [4.78, 5) is 13.0. The normalized spacial score (nSPS) is 22.6. The van der Waals surface area contributed by atoms with E-state index in [-0.39, 0.29) is 35.0 Å². The fourth-order valence-electron chi connectivity index (χ4n) is 3.82. The van der Waals surface area contributed by atoms with Crippen molar-refractivity contribution in [2.75, 3.05) is 13.1 Å². The maximum atomic E-state index is 12.9. The summed E-state index contributed by atoms with van der Waals surface area (Å²) < 4.78 is 33.4. The van der Waals surface area contributed by atoms with Gasteiger partial charge >= 0.3 is 0 Å². The van der Waals surface area contributed by atoms with Crippen LogP contribution in [-0.4, -0.2) is 44.2 Å². The second-order valence-electron chi connectivity index (χ2n) is 7.06. The maximum absolute atomic E-state index is 12.9. The summed E-state index contributed by atoms with van der Waals surface area (Å²) in [7, 11) is -3.89. The molecular formula is C16H27ClN4O4S. The van der Waals surface area contributed by atoms with Gasteiger partial charge in [-0.15, -0.1) is 12.4 Å². The number of aryl methyl sites for hydroxylation is 2. The lowest BCUT2D eigenvalue weighted by atomic mass is 9.96. The van der Waals surface area contributed by atoms with E-state index in [4.69, 9.17) is 4.52 Å². The first-order chi connectivity index (χ1) is 11.8. The molecule has 1 aromatic rings. The van der Waals surface area contributed by atoms with Gasteiger partial charge in [-0.05, 0) is 46.1 Å². The summed E-state index contributed by atoms with van der Waals surface area (Å²) in [5, 5.41) is 10.0. The molecule has 1 unspecified atom stereocenters. The molecule has 1 aliphatic heterocycles. The van der Waals surface area contributed by atoms with E-state index in [0.717, 1.165) is 38.8 Å². The van der Waals surface area contributed by atoms with Gasteiger partial charge < -0.3 is 15.2 Å². The topological polar surface area (TPSA) is 113 Å². The third kappa shape index (κ3) is 4.21. The van der Waals surface area contributed by atoms with Gasteiger partial charge in [-0.3, -0.25) is 4.79 Å². The van der Waals surface area contributed by atoms with Crippen molar-refractivity contribution in [2.24, 2.45) is 0 Å². The van der Waals surface area contributed by atoms with Gasteiger partial charge in [0, 0.05) is 12.6 Å². The van der Waals surface area contributed by atoms with Crippen LogP contribution in [0.3, 0.4) is 0 Å². The van der Waals surface area contributed by atoms with Crippen LogP contribution in [0.25, 0.3) is 0 Å². The molecular weight excluding hydrogens is 380 g/mol. The lowest BCUT2D eigenvalue weighted by Gasteiger charge is -2.32. The molecule has 0 radical (unpaired) electrons. The number of hydrogen-bond acceptors (Lipinski definition) is 6. The Morgan fingerprint density at radius 2 is 1.96 bits per heavy atom. The van der Waals surface area contributed by atoms with Crippen LogP contribution in [0.15, 0.2) is 9.42 Å². The Morgan fingerprint density at radius 3 is 2.50 bits per heavy atom. The quantitative estimate of drug-likeness (QED) is 0.676. The van der Waals surface area contributed by atoms with Crippen LogP contribution in [0.1, 0.15) is 50.0 Å². The molecule has 10 heteroatoms. The largest absolute Gasteiger partial charge is 0.360 e. The van der Waals surface area contributed by atoms with Crippen LogP contribution in [0.4, 0.5) is 0 Å². The molecule has 1 atom stereocenters. The van der Waals surface area contributed by atoms with Crippen molar-refractivity contribution in [2.45, 2.75) is 68.8 Å². The predicted molar refractivity (Wildman–Crippen MR) is 98.8 cm³/mol. The second kappa shape index (κ2) is 8.24. The number of carbonyl (C=O) groups excluding carboxylic acids is 1. The van der Waals surface area contributed by atoms with Crippen molar-refractivity contribution < 1.29 is 17.7 Å². The minimum Gasteiger partial charge on any atom is -0.360 e. The number of rotatable bonds is 5. The first kappa shape index (κ1) is 21.1. The van der Waals surface area contributed by atoms with E-state index in [0.29, 0.717) is 18.5 Å². The molecule has 1 amide bonds. The molecule has 2 aliphatic rings. The summed E-state index contributed by atoms with van der Waals surface area (Å²) in [5.74, 6) is 0.00377. The summed E-state index contributed by atoms with van der Waals surface area (Å²) in [6.45, 7) is 4.82. The first-order valence-corrected chi connectivity index (χ1v) is 10.3. The average Bonchev–Trinajstić information content (AvgIpc) is 3.15. The zero-order chi connectivity index (χ0) is 18.1. The molecule has 0 aromatic carbocycles. The monoisotopic (exact) mass is 406 g/mol. The molecule has 1 aliphatic carbocycles. The van der Waals surface area contributed by atoms with Gasteiger partial charge in [-0.2, -0.15) is 4.72 Å². The van der Waals surface area contributed by atoms with Crippen molar-refractivity contribution in [1.29, 1.82) is 0 Å². The lowest BCUT2D eigenvalue weighted by Crippen LogP contribution is -2.60. The van der Waals surface area contributed by atoms with E-state index in [1.54, 1.807) is 13.8 Å². The minimum atomic E-state index is -3.89. The SMILES string of the molecule is Cc1noc(C)c1S(=O)(=O)NC1(C(=O)NC2CCCNC2)CCCC1.Cl. The standard InChI is InChI=1S/C16H26N4O4S.ClH/c1-11-14(12(2)24-19-11)25(22,23)20-16(7-3-4-8-16)15(21)18-13-6-5-9-17-10-13;/h13,17,20H,3-10H2,1-2H3,(H,18,21);1H. The number of amides is 1. The lowest BCUT2D eigenvalue weighted by molar-refractivity contribution is -0.127. The molecule has 2 fully saturated rings. The number of piperidine rings is 1. The highest BCUT2D eigenvalue weighted by atomic mass is 35.5. The Hall–Kier alpha value is -1.16. The molecule has 1 saturated heterocycles. The highest BCUT2D eigenvalue weighted by Gasteiger charge is 2.46. The van der Waals surface area contributed by atoms with Crippen LogP contribution >= 0.6 is 12.4 Å². The van der Waals surface area contributed by atoms with E-state index in [1.165, 1.54) is 0 Å². The molecule has 8 nitrogen and oxygen atoms in total. The zero-order valence-electron chi connectivity index (χ0n) is 15.1. The van der Waals surface area contributed by atoms with Gasteiger partial charge in [-0.25, -0.2) is 8.42 Å². The highest BCUT2D eigenvalue weighted by Crippen LogP contribution is 2.33. The second-order valence-corrected chi connectivity index (χ2v) is 8.68. The van der Waals surface area contributed by atoms with Crippen molar-refractivity contribution in [3.63, 3.8) is 0 Å². The Labute approximate surface area is 160 Å². The van der Waals surface area contributed by atoms with Crippen molar-refractivity contribution in [1.82, 2.24) is 20.5 Å². The van der Waals surface area contributed by atoms with E-state index in [1.807, 2.05) is 0 Å². The number of halogens is 1. The first-order valence-electron chi connectivity index (χ1n) is 8.83. The van der Waals surface area contributed by atoms with Crippen LogP contribution in [0, 0.1) is 13.8 Å². The number of aromatic nitrogens is 1. The molecule has 2 heterocycles. The molecule has 1 saturated carbocycles. The van der Waals surface area contributed by atoms with E-state index in [2.05, 4.69) is 20.5 Å². The van der Waals surface area contributed by atoms with Crippen molar-refractivity contribution >= 4 is 28.3 Å². The van der Waals surface area contributed by atoms with Gasteiger partial charge in [0.15, 0.2) is 5.76 Å². The Bertz CT molecular complexity index is 718. The molecule has 0 bridgehead atoms. The van der Waals surface area contributed by atoms with E-state index in [9.17, 15) is 13.2 Å². The van der Waals surface area contributed by atoms with Gasteiger partial charge in [0.25, 0.3) is 0 Å². The fourth-order valence-corrected chi connectivity index (χ4v) is 5.57. The highest BCUT2D eigenvalue weighted by molar-refractivity contribution is 7.89. The van der Waals surface area contributed by atoms with Crippen LogP contribution < -0.4 is 15.4 Å². The Balaban J connectivity index is 0.00000243. The van der Waals surface area contributed by atoms with Crippen molar-refractivity contribution in [3.05, 3.63) is 11.5 Å². The van der Waals surface area contributed by atoms with Gasteiger partial charge in [0.2, 0.25) is 15.9 Å². The molecule has 3 N–H and O–H groups in total. The molecule has 3 rings (SSSR count). The number of nitrogens with one attached hydrogen (secondary N) is 3. The maximum Gasteiger partial charge on any atom is 0.246 e. The number of nitrogens with zero attached hydrogens (tertiary/aromatic N) is 1. The third-order valence-corrected chi connectivity index (χ3v) is 6.87. The van der Waals surface area contributed by atoms with Gasteiger partial charge in [-0.1, -0.05) is 18.0 Å².